The molecule has 35 heavy (non-hydrogen) atoms. The minimum atomic E-state index is -4.78. The van der Waals surface area contributed by atoms with Gasteiger partial charge < -0.3 is 16.2 Å². The molecule has 0 amide bonds. The standard InChI is InChI=1S/C25H26F4N4O2/c1-4-5-20-18(12-35)23(32-10-15-6-7-16(11-34)31-9-15)22(26)24(33-20)17-8-19(30)13(2)14(3)21(17)25(27,28)29/h6-9,12,34H,4-5,10-11,30H2,1-3H3,(H,32,33). The second-order valence-corrected chi connectivity index (χ2v) is 8.18. The number of anilines is 2. The quantitative estimate of drug-likeness (QED) is 0.223. The highest BCUT2D eigenvalue weighted by Gasteiger charge is 2.38. The molecule has 4 N–H and O–H groups in total. The Morgan fingerprint density at radius 1 is 1.20 bits per heavy atom. The molecule has 0 spiro atoms. The fourth-order valence-electron chi connectivity index (χ4n) is 3.87. The van der Waals surface area contributed by atoms with Crippen LogP contribution in [0.1, 0.15) is 57.3 Å². The van der Waals surface area contributed by atoms with Crippen LogP contribution in [-0.4, -0.2) is 21.4 Å². The fourth-order valence-corrected chi connectivity index (χ4v) is 3.87. The number of aryl methyl sites for hydroxylation is 1. The van der Waals surface area contributed by atoms with Crippen molar-refractivity contribution in [2.75, 3.05) is 11.1 Å². The molecule has 186 valence electrons. The summed E-state index contributed by atoms with van der Waals surface area (Å²) in [6.45, 7) is 4.36. The third kappa shape index (κ3) is 5.27. The van der Waals surface area contributed by atoms with Gasteiger partial charge in [0.05, 0.1) is 34.8 Å². The van der Waals surface area contributed by atoms with Crippen LogP contribution < -0.4 is 11.1 Å². The van der Waals surface area contributed by atoms with Crippen LogP contribution in [0.5, 0.6) is 0 Å². The molecule has 0 fully saturated rings. The average molecular weight is 491 g/mol. The van der Waals surface area contributed by atoms with E-state index in [0.717, 1.165) is 6.07 Å². The van der Waals surface area contributed by atoms with Crippen LogP contribution in [-0.2, 0) is 25.7 Å². The number of halogens is 4. The van der Waals surface area contributed by atoms with E-state index in [9.17, 15) is 18.0 Å². The summed E-state index contributed by atoms with van der Waals surface area (Å²) in [6, 6.07) is 4.32. The topological polar surface area (TPSA) is 101 Å². The van der Waals surface area contributed by atoms with Gasteiger partial charge in [-0.1, -0.05) is 19.4 Å². The van der Waals surface area contributed by atoms with Crippen LogP contribution in [0, 0.1) is 19.7 Å². The summed E-state index contributed by atoms with van der Waals surface area (Å²) < 4.78 is 58.1. The first-order valence-corrected chi connectivity index (χ1v) is 11.0. The zero-order chi connectivity index (χ0) is 25.9. The number of aromatic nitrogens is 2. The number of nitrogens with zero attached hydrogens (tertiary/aromatic N) is 2. The Morgan fingerprint density at radius 2 is 1.91 bits per heavy atom. The van der Waals surface area contributed by atoms with Gasteiger partial charge in [0.2, 0.25) is 0 Å². The highest BCUT2D eigenvalue weighted by molar-refractivity contribution is 5.88. The smallest absolute Gasteiger partial charge is 0.398 e. The number of nitrogens with two attached hydrogens (primary N) is 1. The van der Waals surface area contributed by atoms with Gasteiger partial charge in [-0.05, 0) is 49.1 Å². The van der Waals surface area contributed by atoms with E-state index in [1.54, 1.807) is 12.1 Å². The van der Waals surface area contributed by atoms with Crippen LogP contribution in [0.4, 0.5) is 28.9 Å². The maximum absolute atomic E-state index is 15.8. The predicted molar refractivity (Wildman–Crippen MR) is 125 cm³/mol. The van der Waals surface area contributed by atoms with Gasteiger partial charge in [0.15, 0.2) is 12.1 Å². The third-order valence-electron chi connectivity index (χ3n) is 5.85. The number of hydrogen-bond acceptors (Lipinski definition) is 6. The number of aliphatic hydroxyl groups is 1. The van der Waals surface area contributed by atoms with Crippen molar-refractivity contribution in [1.29, 1.82) is 0 Å². The molecule has 2 aromatic heterocycles. The molecular formula is C25H26F4N4O2. The van der Waals surface area contributed by atoms with Crippen molar-refractivity contribution >= 4 is 17.7 Å². The van der Waals surface area contributed by atoms with Crippen LogP contribution in [0.15, 0.2) is 24.4 Å². The second kappa shape index (κ2) is 10.4. The van der Waals surface area contributed by atoms with E-state index in [0.29, 0.717) is 24.0 Å². The lowest BCUT2D eigenvalue weighted by molar-refractivity contribution is -0.137. The molecule has 0 atom stereocenters. The summed E-state index contributed by atoms with van der Waals surface area (Å²) in [5.74, 6) is -1.08. The van der Waals surface area contributed by atoms with Gasteiger partial charge in [0.25, 0.3) is 0 Å². The number of carbonyl (C=O) groups excluding carboxylic acids is 1. The summed E-state index contributed by atoms with van der Waals surface area (Å²) in [4.78, 5) is 20.1. The largest absolute Gasteiger partial charge is 0.417 e. The number of benzene rings is 1. The van der Waals surface area contributed by atoms with Crippen LogP contribution >= 0.6 is 0 Å². The number of alkyl halides is 3. The highest BCUT2D eigenvalue weighted by atomic mass is 19.4. The van der Waals surface area contributed by atoms with Crippen molar-refractivity contribution in [1.82, 2.24) is 9.97 Å². The van der Waals surface area contributed by atoms with Gasteiger partial charge in [-0.3, -0.25) is 9.78 Å². The van der Waals surface area contributed by atoms with Gasteiger partial charge >= 0.3 is 6.18 Å². The normalized spacial score (nSPS) is 11.5. The highest BCUT2D eigenvalue weighted by Crippen LogP contribution is 2.43. The number of carbonyl (C=O) groups is 1. The maximum Gasteiger partial charge on any atom is 0.417 e. The summed E-state index contributed by atoms with van der Waals surface area (Å²) in [5, 5.41) is 12.0. The lowest BCUT2D eigenvalue weighted by Crippen LogP contribution is -2.15. The lowest BCUT2D eigenvalue weighted by atomic mass is 9.92. The van der Waals surface area contributed by atoms with Crippen molar-refractivity contribution in [2.24, 2.45) is 0 Å². The van der Waals surface area contributed by atoms with E-state index in [-0.39, 0.29) is 53.3 Å². The molecule has 10 heteroatoms. The minimum absolute atomic E-state index is 0.0344. The Morgan fingerprint density at radius 3 is 2.46 bits per heavy atom. The number of aliphatic hydroxyl groups excluding tert-OH is 1. The van der Waals surface area contributed by atoms with Crippen molar-refractivity contribution in [3.05, 3.63) is 69.4 Å². The molecule has 3 rings (SSSR count). The van der Waals surface area contributed by atoms with Crippen LogP contribution in [0.2, 0.25) is 0 Å². The van der Waals surface area contributed by atoms with Crippen LogP contribution in [0.3, 0.4) is 0 Å². The molecule has 0 radical (unpaired) electrons. The minimum Gasteiger partial charge on any atom is -0.398 e. The molecule has 1 aromatic carbocycles. The molecular weight excluding hydrogens is 464 g/mol. The molecule has 0 bridgehead atoms. The Balaban J connectivity index is 2.23. The number of rotatable bonds is 8. The van der Waals surface area contributed by atoms with E-state index < -0.39 is 28.8 Å². The summed E-state index contributed by atoms with van der Waals surface area (Å²) in [7, 11) is 0. The zero-order valence-electron chi connectivity index (χ0n) is 19.6. The van der Waals surface area contributed by atoms with Crippen LogP contribution in [0.25, 0.3) is 11.3 Å². The maximum atomic E-state index is 15.8. The van der Waals surface area contributed by atoms with E-state index in [2.05, 4.69) is 15.3 Å². The number of nitrogens with one attached hydrogen (secondary N) is 1. The van der Waals surface area contributed by atoms with E-state index in [1.165, 1.54) is 20.0 Å². The molecule has 0 unspecified atom stereocenters. The number of aldehydes is 1. The van der Waals surface area contributed by atoms with Gasteiger partial charge in [0.1, 0.15) is 5.69 Å². The van der Waals surface area contributed by atoms with Crippen molar-refractivity contribution < 1.29 is 27.5 Å². The fraction of sp³-hybridized carbons (Fsp3) is 0.320. The second-order valence-electron chi connectivity index (χ2n) is 8.18. The molecule has 0 saturated heterocycles. The summed E-state index contributed by atoms with van der Waals surface area (Å²) >= 11 is 0. The van der Waals surface area contributed by atoms with Crippen molar-refractivity contribution in [2.45, 2.75) is 52.9 Å². The average Bonchev–Trinajstić information content (AvgIpc) is 2.81. The monoisotopic (exact) mass is 490 g/mol. The first kappa shape index (κ1) is 26.1. The third-order valence-corrected chi connectivity index (χ3v) is 5.85. The molecule has 0 aliphatic heterocycles. The number of nitrogen functional groups attached to an aromatic ring is 1. The van der Waals surface area contributed by atoms with Crippen molar-refractivity contribution in [3.63, 3.8) is 0 Å². The molecule has 0 aliphatic rings. The Bertz CT molecular complexity index is 1240. The number of hydrogen-bond donors (Lipinski definition) is 3. The number of pyridine rings is 2. The Kier molecular flexibility index (Phi) is 7.74. The van der Waals surface area contributed by atoms with Gasteiger partial charge in [-0.2, -0.15) is 13.2 Å². The molecule has 0 aliphatic carbocycles. The Hall–Kier alpha value is -3.53. The summed E-state index contributed by atoms with van der Waals surface area (Å²) in [5.41, 5.74) is 5.06. The van der Waals surface area contributed by atoms with Gasteiger partial charge in [-0.15, -0.1) is 0 Å². The lowest BCUT2D eigenvalue weighted by Gasteiger charge is -2.21. The predicted octanol–water partition coefficient (Wildman–Crippen LogP) is 5.37. The SMILES string of the molecule is CCCc1nc(-c2cc(N)c(C)c(C)c2C(F)(F)F)c(F)c(NCc2ccc(CO)nc2)c1C=O. The summed E-state index contributed by atoms with van der Waals surface area (Å²) in [6.07, 6.45) is -2.08. The molecule has 6 nitrogen and oxygen atoms in total. The van der Waals surface area contributed by atoms with Crippen molar-refractivity contribution in [3.8, 4) is 11.3 Å². The van der Waals surface area contributed by atoms with E-state index >= 15 is 4.39 Å². The van der Waals surface area contributed by atoms with E-state index in [1.807, 2.05) is 6.92 Å². The first-order valence-electron chi connectivity index (χ1n) is 11.0. The Labute approximate surface area is 200 Å². The van der Waals surface area contributed by atoms with Gasteiger partial charge in [-0.25, -0.2) is 9.37 Å². The molecule has 3 aromatic rings. The first-order chi connectivity index (χ1) is 16.5. The van der Waals surface area contributed by atoms with E-state index in [4.69, 9.17) is 10.8 Å². The zero-order valence-corrected chi connectivity index (χ0v) is 19.6. The molecule has 2 heterocycles. The van der Waals surface area contributed by atoms with Gasteiger partial charge in [0, 0.05) is 24.0 Å². The molecule has 0 saturated carbocycles.